The fraction of sp³-hybridized carbons (Fsp3) is 0.350. The Morgan fingerprint density at radius 1 is 1.07 bits per heavy atom. The number of hydrogen-bond donors (Lipinski definition) is 3. The van der Waals surface area contributed by atoms with Gasteiger partial charge in [0.15, 0.2) is 0 Å². The zero-order valence-corrected chi connectivity index (χ0v) is 16.6. The fourth-order valence-corrected chi connectivity index (χ4v) is 4.83. The Labute approximate surface area is 160 Å². The van der Waals surface area contributed by atoms with Gasteiger partial charge >= 0.3 is 0 Å². The van der Waals surface area contributed by atoms with Crippen LogP contribution in [0.15, 0.2) is 47.4 Å². The predicted molar refractivity (Wildman–Crippen MR) is 105 cm³/mol. The molecule has 0 spiro atoms. The topological polar surface area (TPSA) is 95.5 Å². The second-order valence-electron chi connectivity index (χ2n) is 6.61. The molecule has 0 aromatic heterocycles. The van der Waals surface area contributed by atoms with Crippen LogP contribution in [0.1, 0.15) is 22.3 Å². The first-order chi connectivity index (χ1) is 12.7. The lowest BCUT2D eigenvalue weighted by Crippen LogP contribution is -2.48. The quantitative estimate of drug-likeness (QED) is 0.638. The van der Waals surface area contributed by atoms with Crippen LogP contribution in [0, 0.1) is 20.8 Å². The smallest absolute Gasteiger partial charge is 0.241 e. The number of carbonyl (C=O) groups is 1. The van der Waals surface area contributed by atoms with Crippen LogP contribution < -0.4 is 10.0 Å². The minimum Gasteiger partial charge on any atom is -0.395 e. The van der Waals surface area contributed by atoms with Crippen molar-refractivity contribution >= 4 is 15.9 Å². The normalized spacial score (nSPS) is 12.6. The minimum absolute atomic E-state index is 0.0639. The largest absolute Gasteiger partial charge is 0.395 e. The van der Waals surface area contributed by atoms with Gasteiger partial charge in [0.05, 0.1) is 11.5 Å². The number of sulfonamides is 1. The SMILES string of the molecule is Cc1cc(C)c(S(=O)(=O)N[C@@H](Cc2ccccc2)C(=O)NCCO)c(C)c1. The van der Waals surface area contributed by atoms with Gasteiger partial charge in [-0.15, -0.1) is 0 Å². The highest BCUT2D eigenvalue weighted by molar-refractivity contribution is 7.89. The molecule has 3 N–H and O–H groups in total. The molecule has 0 bridgehead atoms. The molecule has 2 aromatic rings. The Bertz CT molecular complexity index is 872. The van der Waals surface area contributed by atoms with E-state index in [1.807, 2.05) is 37.3 Å². The van der Waals surface area contributed by atoms with E-state index in [1.54, 1.807) is 26.0 Å². The number of aryl methyl sites for hydroxylation is 3. The molecule has 0 heterocycles. The Morgan fingerprint density at radius 3 is 2.22 bits per heavy atom. The molecule has 146 valence electrons. The van der Waals surface area contributed by atoms with Gasteiger partial charge in [0.2, 0.25) is 15.9 Å². The summed E-state index contributed by atoms with van der Waals surface area (Å²) in [5.74, 6) is -0.473. The molecule has 0 unspecified atom stereocenters. The van der Waals surface area contributed by atoms with Crippen LogP contribution >= 0.6 is 0 Å². The maximum Gasteiger partial charge on any atom is 0.241 e. The molecular formula is C20H26N2O4S. The highest BCUT2D eigenvalue weighted by Gasteiger charge is 2.28. The molecule has 0 aliphatic heterocycles. The predicted octanol–water partition coefficient (Wildman–Crippen LogP) is 1.61. The summed E-state index contributed by atoms with van der Waals surface area (Å²) in [7, 11) is -3.90. The van der Waals surface area contributed by atoms with E-state index < -0.39 is 22.0 Å². The molecular weight excluding hydrogens is 364 g/mol. The van der Waals surface area contributed by atoms with Crippen molar-refractivity contribution in [3.8, 4) is 0 Å². The van der Waals surface area contributed by atoms with E-state index in [2.05, 4.69) is 10.0 Å². The van der Waals surface area contributed by atoms with Gasteiger partial charge in [-0.3, -0.25) is 4.79 Å². The third kappa shape index (κ3) is 5.63. The van der Waals surface area contributed by atoms with Gasteiger partial charge in [-0.1, -0.05) is 48.0 Å². The van der Waals surface area contributed by atoms with Gasteiger partial charge in [0.25, 0.3) is 0 Å². The van der Waals surface area contributed by atoms with Crippen molar-refractivity contribution in [1.29, 1.82) is 0 Å². The molecule has 0 aliphatic rings. The summed E-state index contributed by atoms with van der Waals surface area (Å²) in [4.78, 5) is 12.7. The third-order valence-electron chi connectivity index (χ3n) is 4.18. The van der Waals surface area contributed by atoms with Gasteiger partial charge in [-0.2, -0.15) is 4.72 Å². The first kappa shape index (κ1) is 21.1. The van der Waals surface area contributed by atoms with Gasteiger partial charge in [0, 0.05) is 6.54 Å². The molecule has 0 radical (unpaired) electrons. The van der Waals surface area contributed by atoms with E-state index in [0.717, 1.165) is 11.1 Å². The number of hydrogen-bond acceptors (Lipinski definition) is 4. The number of aliphatic hydroxyl groups excluding tert-OH is 1. The van der Waals surface area contributed by atoms with Crippen molar-refractivity contribution in [2.75, 3.05) is 13.2 Å². The molecule has 6 nitrogen and oxygen atoms in total. The van der Waals surface area contributed by atoms with E-state index >= 15 is 0 Å². The standard InChI is InChI=1S/C20H26N2O4S/c1-14-11-15(2)19(16(3)12-14)27(25,26)22-18(20(24)21-9-10-23)13-17-7-5-4-6-8-17/h4-8,11-12,18,22-23H,9-10,13H2,1-3H3,(H,21,24)/t18-/m0/s1. The molecule has 7 heteroatoms. The molecule has 27 heavy (non-hydrogen) atoms. The molecule has 2 aromatic carbocycles. The van der Waals surface area contributed by atoms with Crippen molar-refractivity contribution in [2.45, 2.75) is 38.1 Å². The highest BCUT2D eigenvalue weighted by Crippen LogP contribution is 2.22. The van der Waals surface area contributed by atoms with Crippen LogP contribution in [0.5, 0.6) is 0 Å². The van der Waals surface area contributed by atoms with E-state index in [1.165, 1.54) is 0 Å². The summed E-state index contributed by atoms with van der Waals surface area (Å²) in [5, 5.41) is 11.5. The summed E-state index contributed by atoms with van der Waals surface area (Å²) < 4.78 is 28.6. The number of nitrogens with one attached hydrogen (secondary N) is 2. The van der Waals surface area contributed by atoms with Gasteiger partial charge < -0.3 is 10.4 Å². The monoisotopic (exact) mass is 390 g/mol. The first-order valence-corrected chi connectivity index (χ1v) is 10.3. The van der Waals surface area contributed by atoms with Crippen molar-refractivity contribution in [3.05, 3.63) is 64.7 Å². The van der Waals surface area contributed by atoms with Gasteiger partial charge in [-0.05, 0) is 43.9 Å². The summed E-state index contributed by atoms with van der Waals surface area (Å²) in [6.45, 7) is 5.24. The minimum atomic E-state index is -3.90. The number of aliphatic hydroxyl groups is 1. The van der Waals surface area contributed by atoms with E-state index in [-0.39, 0.29) is 24.5 Å². The molecule has 0 aliphatic carbocycles. The number of rotatable bonds is 8. The van der Waals surface area contributed by atoms with Crippen LogP contribution in [-0.2, 0) is 21.2 Å². The fourth-order valence-electron chi connectivity index (χ4n) is 3.18. The number of benzene rings is 2. The number of carbonyl (C=O) groups excluding carboxylic acids is 1. The second-order valence-corrected chi connectivity index (χ2v) is 8.26. The zero-order valence-electron chi connectivity index (χ0n) is 15.8. The van der Waals surface area contributed by atoms with Crippen LogP contribution in [-0.4, -0.2) is 38.6 Å². The molecule has 0 saturated carbocycles. The second kappa shape index (κ2) is 9.12. The Balaban J connectivity index is 2.34. The maximum atomic E-state index is 13.0. The van der Waals surface area contributed by atoms with Crippen molar-refractivity contribution in [3.63, 3.8) is 0 Å². The van der Waals surface area contributed by atoms with Crippen molar-refractivity contribution in [1.82, 2.24) is 10.0 Å². The molecule has 1 amide bonds. The zero-order chi connectivity index (χ0) is 20.0. The number of amides is 1. The lowest BCUT2D eigenvalue weighted by Gasteiger charge is -2.20. The molecule has 2 rings (SSSR count). The lowest BCUT2D eigenvalue weighted by molar-refractivity contribution is -0.122. The lowest BCUT2D eigenvalue weighted by atomic mass is 10.1. The van der Waals surface area contributed by atoms with Crippen molar-refractivity contribution in [2.24, 2.45) is 0 Å². The van der Waals surface area contributed by atoms with E-state index in [4.69, 9.17) is 5.11 Å². The summed E-state index contributed by atoms with van der Waals surface area (Å²) in [6.07, 6.45) is 0.210. The van der Waals surface area contributed by atoms with Crippen LogP contribution in [0.2, 0.25) is 0 Å². The van der Waals surface area contributed by atoms with E-state index in [0.29, 0.717) is 11.1 Å². The average molecular weight is 391 g/mol. The Morgan fingerprint density at radius 2 is 1.67 bits per heavy atom. The van der Waals surface area contributed by atoms with Gasteiger partial charge in [0.1, 0.15) is 6.04 Å². The molecule has 0 saturated heterocycles. The van der Waals surface area contributed by atoms with E-state index in [9.17, 15) is 13.2 Å². The Kier molecular flexibility index (Phi) is 7.12. The van der Waals surface area contributed by atoms with Crippen LogP contribution in [0.4, 0.5) is 0 Å². The van der Waals surface area contributed by atoms with Crippen LogP contribution in [0.3, 0.4) is 0 Å². The first-order valence-electron chi connectivity index (χ1n) is 8.77. The summed E-state index contributed by atoms with van der Waals surface area (Å²) in [5.41, 5.74) is 3.08. The maximum absolute atomic E-state index is 13.0. The highest BCUT2D eigenvalue weighted by atomic mass is 32.2. The third-order valence-corrected chi connectivity index (χ3v) is 5.96. The molecule has 1 atom stereocenters. The average Bonchev–Trinajstić information content (AvgIpc) is 2.58. The summed E-state index contributed by atoms with van der Waals surface area (Å²) in [6, 6.07) is 11.8. The van der Waals surface area contributed by atoms with Crippen LogP contribution in [0.25, 0.3) is 0 Å². The van der Waals surface area contributed by atoms with Gasteiger partial charge in [-0.25, -0.2) is 8.42 Å². The Hall–Kier alpha value is -2.22. The summed E-state index contributed by atoms with van der Waals surface area (Å²) >= 11 is 0. The molecule has 0 fully saturated rings. The van der Waals surface area contributed by atoms with Crippen molar-refractivity contribution < 1.29 is 18.3 Å².